The lowest BCUT2D eigenvalue weighted by molar-refractivity contribution is -0.141. The monoisotopic (exact) mass is 338 g/mol. The van der Waals surface area contributed by atoms with Crippen molar-refractivity contribution in [2.45, 2.75) is 50.5 Å². The summed E-state index contributed by atoms with van der Waals surface area (Å²) in [5.74, 6) is 0.431. The summed E-state index contributed by atoms with van der Waals surface area (Å²) in [7, 11) is 0. The number of H-pyrrole nitrogens is 1. The highest BCUT2D eigenvalue weighted by atomic mass is 16.2. The Balaban J connectivity index is 1.55. The van der Waals surface area contributed by atoms with E-state index in [1.807, 2.05) is 11.1 Å². The quantitative estimate of drug-likeness (QED) is 0.903. The van der Waals surface area contributed by atoms with Gasteiger partial charge in [-0.05, 0) is 44.6 Å². The van der Waals surface area contributed by atoms with E-state index >= 15 is 0 Å². The van der Waals surface area contributed by atoms with E-state index in [9.17, 15) is 4.79 Å². The van der Waals surface area contributed by atoms with E-state index in [-0.39, 0.29) is 5.91 Å². The number of nitrogens with one attached hydrogen (secondary N) is 1. The summed E-state index contributed by atoms with van der Waals surface area (Å²) in [6.45, 7) is 3.65. The predicted octanol–water partition coefficient (Wildman–Crippen LogP) is 2.97. The van der Waals surface area contributed by atoms with Crippen LogP contribution >= 0.6 is 0 Å². The molecular formula is C20H26N4O. The molecule has 1 saturated carbocycles. The van der Waals surface area contributed by atoms with Gasteiger partial charge in [0.1, 0.15) is 0 Å². The smallest absolute Gasteiger partial charge is 0.242 e. The zero-order valence-electron chi connectivity index (χ0n) is 14.8. The number of aromatic amines is 1. The molecule has 5 heteroatoms. The third kappa shape index (κ3) is 2.97. The Morgan fingerprint density at radius 3 is 2.72 bits per heavy atom. The standard InChI is InChI=1S/C20H26N4O/c1-14-5-7-15(8-6-14)17-12-22-23-18(17)16-4-2-11-24(13-16)19(25)20(21)9-3-10-20/h5-8,12,16H,2-4,9-11,13,21H2,1H3,(H,22,23)/t16-/m0/s1. The van der Waals surface area contributed by atoms with Crippen molar-refractivity contribution >= 4 is 5.91 Å². The Labute approximate surface area is 148 Å². The summed E-state index contributed by atoms with van der Waals surface area (Å²) < 4.78 is 0. The SMILES string of the molecule is Cc1ccc(-c2cn[nH]c2[C@H]2CCCN(C(=O)C3(N)CCC3)C2)cc1. The second kappa shape index (κ2) is 6.30. The molecule has 0 radical (unpaired) electrons. The summed E-state index contributed by atoms with van der Waals surface area (Å²) in [6, 6.07) is 8.52. The molecule has 132 valence electrons. The summed E-state index contributed by atoms with van der Waals surface area (Å²) in [6.07, 6.45) is 6.70. The van der Waals surface area contributed by atoms with Crippen LogP contribution in [-0.4, -0.2) is 39.6 Å². The zero-order chi connectivity index (χ0) is 17.4. The fraction of sp³-hybridized carbons (Fsp3) is 0.500. The van der Waals surface area contributed by atoms with Crippen LogP contribution in [0.5, 0.6) is 0 Å². The van der Waals surface area contributed by atoms with E-state index in [0.29, 0.717) is 5.92 Å². The van der Waals surface area contributed by atoms with E-state index in [1.165, 1.54) is 11.1 Å². The lowest BCUT2D eigenvalue weighted by atomic mass is 9.76. The molecule has 3 N–H and O–H groups in total. The summed E-state index contributed by atoms with van der Waals surface area (Å²) in [5, 5.41) is 7.48. The molecule has 2 aromatic rings. The zero-order valence-corrected chi connectivity index (χ0v) is 14.8. The van der Waals surface area contributed by atoms with Gasteiger partial charge >= 0.3 is 0 Å². The van der Waals surface area contributed by atoms with Crippen molar-refractivity contribution in [3.63, 3.8) is 0 Å². The maximum Gasteiger partial charge on any atom is 0.242 e. The van der Waals surface area contributed by atoms with Crippen LogP contribution < -0.4 is 5.73 Å². The summed E-state index contributed by atoms with van der Waals surface area (Å²) >= 11 is 0. The fourth-order valence-corrected chi connectivity index (χ4v) is 4.05. The van der Waals surface area contributed by atoms with Gasteiger partial charge in [0.2, 0.25) is 5.91 Å². The number of carbonyl (C=O) groups excluding carboxylic acids is 1. The van der Waals surface area contributed by atoms with Crippen LogP contribution in [0.2, 0.25) is 0 Å². The number of hydrogen-bond acceptors (Lipinski definition) is 3. The normalized spacial score (nSPS) is 22.5. The van der Waals surface area contributed by atoms with Gasteiger partial charge in [0.25, 0.3) is 0 Å². The Kier molecular flexibility index (Phi) is 4.12. The largest absolute Gasteiger partial charge is 0.340 e. The molecule has 1 amide bonds. The summed E-state index contributed by atoms with van der Waals surface area (Å²) in [5.41, 5.74) is 10.4. The Bertz CT molecular complexity index is 760. The van der Waals surface area contributed by atoms with E-state index in [1.54, 1.807) is 0 Å². The van der Waals surface area contributed by atoms with E-state index in [2.05, 4.69) is 41.4 Å². The number of aromatic nitrogens is 2. The van der Waals surface area contributed by atoms with Crippen molar-refractivity contribution < 1.29 is 4.79 Å². The first kappa shape index (κ1) is 16.3. The van der Waals surface area contributed by atoms with Crippen LogP contribution in [0.3, 0.4) is 0 Å². The topological polar surface area (TPSA) is 75.0 Å². The average molecular weight is 338 g/mol. The highest BCUT2D eigenvalue weighted by molar-refractivity contribution is 5.87. The molecule has 2 heterocycles. The Hall–Kier alpha value is -2.14. The van der Waals surface area contributed by atoms with Gasteiger partial charge < -0.3 is 10.6 Å². The number of likely N-dealkylation sites (tertiary alicyclic amines) is 1. The van der Waals surface area contributed by atoms with E-state index < -0.39 is 5.54 Å². The third-order valence-electron chi connectivity index (χ3n) is 5.82. The number of nitrogens with two attached hydrogens (primary N) is 1. The molecular weight excluding hydrogens is 312 g/mol. The minimum Gasteiger partial charge on any atom is -0.340 e. The molecule has 1 aromatic heterocycles. The number of benzene rings is 1. The second-order valence-electron chi connectivity index (χ2n) is 7.66. The molecule has 1 aliphatic carbocycles. The first-order valence-corrected chi connectivity index (χ1v) is 9.25. The number of piperidine rings is 1. The average Bonchev–Trinajstić information content (AvgIpc) is 3.09. The van der Waals surface area contributed by atoms with Crippen molar-refractivity contribution in [2.24, 2.45) is 5.73 Å². The first-order chi connectivity index (χ1) is 12.1. The molecule has 4 rings (SSSR count). The molecule has 0 bridgehead atoms. The fourth-order valence-electron chi connectivity index (χ4n) is 4.05. The molecule has 25 heavy (non-hydrogen) atoms. The maximum absolute atomic E-state index is 12.8. The van der Waals surface area contributed by atoms with Crippen molar-refractivity contribution in [1.82, 2.24) is 15.1 Å². The molecule has 2 fully saturated rings. The maximum atomic E-state index is 12.8. The Morgan fingerprint density at radius 2 is 2.04 bits per heavy atom. The van der Waals surface area contributed by atoms with Gasteiger partial charge in [-0.3, -0.25) is 9.89 Å². The molecule has 1 atom stereocenters. The molecule has 1 aliphatic heterocycles. The van der Waals surface area contributed by atoms with Gasteiger partial charge in [-0.25, -0.2) is 0 Å². The van der Waals surface area contributed by atoms with Gasteiger partial charge in [-0.15, -0.1) is 0 Å². The highest BCUT2D eigenvalue weighted by Gasteiger charge is 2.43. The number of nitrogens with zero attached hydrogens (tertiary/aromatic N) is 2. The molecule has 1 aromatic carbocycles. The molecule has 1 saturated heterocycles. The van der Waals surface area contributed by atoms with Crippen molar-refractivity contribution in [2.75, 3.05) is 13.1 Å². The highest BCUT2D eigenvalue weighted by Crippen LogP contribution is 2.36. The number of hydrogen-bond donors (Lipinski definition) is 2. The van der Waals surface area contributed by atoms with Crippen LogP contribution in [-0.2, 0) is 4.79 Å². The molecule has 5 nitrogen and oxygen atoms in total. The number of aryl methyl sites for hydroxylation is 1. The van der Waals surface area contributed by atoms with Crippen molar-refractivity contribution in [3.8, 4) is 11.1 Å². The molecule has 0 spiro atoms. The summed E-state index contributed by atoms with van der Waals surface area (Å²) in [4.78, 5) is 14.8. The number of carbonyl (C=O) groups is 1. The molecule has 2 aliphatic rings. The van der Waals surface area contributed by atoms with E-state index in [4.69, 9.17) is 5.73 Å². The van der Waals surface area contributed by atoms with Crippen molar-refractivity contribution in [1.29, 1.82) is 0 Å². The van der Waals surface area contributed by atoms with Gasteiger partial charge in [-0.2, -0.15) is 5.10 Å². The van der Waals surface area contributed by atoms with E-state index in [0.717, 1.165) is 56.5 Å². The van der Waals surface area contributed by atoms with Gasteiger partial charge in [0.15, 0.2) is 0 Å². The van der Waals surface area contributed by atoms with Gasteiger partial charge in [-0.1, -0.05) is 29.8 Å². The van der Waals surface area contributed by atoms with Crippen LogP contribution in [0.1, 0.15) is 49.3 Å². The predicted molar refractivity (Wildman–Crippen MR) is 98.1 cm³/mol. The third-order valence-corrected chi connectivity index (χ3v) is 5.82. The number of amides is 1. The van der Waals surface area contributed by atoms with Gasteiger partial charge in [0, 0.05) is 30.3 Å². The van der Waals surface area contributed by atoms with Crippen LogP contribution in [0.25, 0.3) is 11.1 Å². The van der Waals surface area contributed by atoms with Crippen LogP contribution in [0.4, 0.5) is 0 Å². The Morgan fingerprint density at radius 1 is 1.28 bits per heavy atom. The lowest BCUT2D eigenvalue weighted by Gasteiger charge is -2.43. The minimum atomic E-state index is -0.602. The first-order valence-electron chi connectivity index (χ1n) is 9.25. The lowest BCUT2D eigenvalue weighted by Crippen LogP contribution is -2.60. The van der Waals surface area contributed by atoms with Crippen molar-refractivity contribution in [3.05, 3.63) is 41.7 Å². The molecule has 0 unspecified atom stereocenters. The van der Waals surface area contributed by atoms with Crippen LogP contribution in [0, 0.1) is 6.92 Å². The van der Waals surface area contributed by atoms with Gasteiger partial charge in [0.05, 0.1) is 11.7 Å². The number of rotatable bonds is 3. The second-order valence-corrected chi connectivity index (χ2v) is 7.66. The minimum absolute atomic E-state index is 0.139. The van der Waals surface area contributed by atoms with Crippen LogP contribution in [0.15, 0.2) is 30.5 Å².